The van der Waals surface area contributed by atoms with Crippen molar-refractivity contribution in [2.24, 2.45) is 10.9 Å². The van der Waals surface area contributed by atoms with E-state index in [-0.39, 0.29) is 17.5 Å². The molecule has 0 heterocycles. The number of hydrogen-bond donors (Lipinski definition) is 3. The number of amidine groups is 1. The summed E-state index contributed by atoms with van der Waals surface area (Å²) < 4.78 is 11.3. The zero-order valence-electron chi connectivity index (χ0n) is 15.5. The van der Waals surface area contributed by atoms with E-state index in [1.165, 1.54) is 12.0 Å². The molecule has 6 nitrogen and oxygen atoms in total. The van der Waals surface area contributed by atoms with Crippen LogP contribution in [-0.4, -0.2) is 29.8 Å². The third-order valence-corrected chi connectivity index (χ3v) is 4.06. The van der Waals surface area contributed by atoms with Crippen LogP contribution in [0.25, 0.3) is 0 Å². The van der Waals surface area contributed by atoms with Crippen LogP contribution in [0.4, 0.5) is 0 Å². The van der Waals surface area contributed by atoms with Gasteiger partial charge in [-0.1, -0.05) is 17.3 Å². The van der Waals surface area contributed by atoms with Crippen molar-refractivity contribution in [1.29, 1.82) is 0 Å². The fourth-order valence-electron chi connectivity index (χ4n) is 2.55. The topological polar surface area (TPSA) is 89.1 Å². The van der Waals surface area contributed by atoms with E-state index in [9.17, 15) is 0 Å². The molecule has 1 atom stereocenters. The van der Waals surface area contributed by atoms with E-state index in [2.05, 4.69) is 10.5 Å². The van der Waals surface area contributed by atoms with Gasteiger partial charge < -0.3 is 25.7 Å². The summed E-state index contributed by atoms with van der Waals surface area (Å²) in [7, 11) is 1.64. The molecular formula is C19H29N3O3. The lowest BCUT2D eigenvalue weighted by Crippen LogP contribution is -2.45. The minimum absolute atomic E-state index is 0.130. The predicted molar refractivity (Wildman–Crippen MR) is 98.7 cm³/mol. The summed E-state index contributed by atoms with van der Waals surface area (Å²) in [4.78, 5) is 0. The third-order valence-electron chi connectivity index (χ3n) is 4.06. The summed E-state index contributed by atoms with van der Waals surface area (Å²) >= 11 is 0. The van der Waals surface area contributed by atoms with Crippen LogP contribution in [0, 0.1) is 0 Å². The van der Waals surface area contributed by atoms with Gasteiger partial charge in [-0.3, -0.25) is 0 Å². The minimum atomic E-state index is -0.358. The summed E-state index contributed by atoms with van der Waals surface area (Å²) in [6, 6.07) is 7.38. The van der Waals surface area contributed by atoms with Gasteiger partial charge in [0.25, 0.3) is 0 Å². The molecule has 0 aromatic heterocycles. The maximum absolute atomic E-state index is 9.17. The second kappa shape index (κ2) is 8.14. The van der Waals surface area contributed by atoms with Gasteiger partial charge in [0, 0.05) is 0 Å². The molecule has 1 aliphatic carbocycles. The fraction of sp³-hybridized carbons (Fsp3) is 0.526. The van der Waals surface area contributed by atoms with Crippen molar-refractivity contribution in [3.63, 3.8) is 0 Å². The van der Waals surface area contributed by atoms with Crippen molar-refractivity contribution in [3.8, 4) is 5.75 Å². The van der Waals surface area contributed by atoms with Crippen molar-refractivity contribution >= 4 is 5.84 Å². The first kappa shape index (κ1) is 19.0. The lowest BCUT2D eigenvalue weighted by atomic mass is 9.92. The second-order valence-electron chi connectivity index (χ2n) is 7.27. The van der Waals surface area contributed by atoms with E-state index in [1.807, 2.05) is 45.0 Å². The Bertz CT molecular complexity index is 624. The lowest BCUT2D eigenvalue weighted by molar-refractivity contribution is 0.0346. The molecule has 4 N–H and O–H groups in total. The molecule has 0 saturated heterocycles. The van der Waals surface area contributed by atoms with Crippen molar-refractivity contribution in [2.45, 2.75) is 58.1 Å². The maximum Gasteiger partial charge on any atom is 0.186 e. The van der Waals surface area contributed by atoms with Crippen molar-refractivity contribution in [1.82, 2.24) is 5.32 Å². The highest BCUT2D eigenvalue weighted by molar-refractivity contribution is 5.85. The van der Waals surface area contributed by atoms with Gasteiger partial charge >= 0.3 is 0 Å². The number of methoxy groups -OCH3 is 1. The number of nitrogens with two attached hydrogens (primary N) is 1. The number of rotatable bonds is 7. The van der Waals surface area contributed by atoms with Crippen molar-refractivity contribution in [3.05, 3.63) is 41.3 Å². The highest BCUT2D eigenvalue weighted by Gasteiger charge is 2.25. The van der Waals surface area contributed by atoms with E-state index in [4.69, 9.17) is 20.4 Å². The maximum atomic E-state index is 9.17. The highest BCUT2D eigenvalue weighted by Crippen LogP contribution is 2.30. The Morgan fingerprint density at radius 2 is 1.92 bits per heavy atom. The molecule has 1 saturated carbocycles. The smallest absolute Gasteiger partial charge is 0.186 e. The average Bonchev–Trinajstić information content (AvgIpc) is 2.51. The molecule has 0 aliphatic heterocycles. The summed E-state index contributed by atoms with van der Waals surface area (Å²) in [5.74, 6) is 1.68. The van der Waals surface area contributed by atoms with E-state index in [0.717, 1.165) is 30.0 Å². The first-order valence-electron chi connectivity index (χ1n) is 8.60. The Balaban J connectivity index is 2.18. The largest absolute Gasteiger partial charge is 0.497 e. The summed E-state index contributed by atoms with van der Waals surface area (Å²) in [6.45, 7) is 6.03. The molecular weight excluding hydrogens is 318 g/mol. The zero-order valence-corrected chi connectivity index (χ0v) is 15.5. The van der Waals surface area contributed by atoms with E-state index < -0.39 is 0 Å². The van der Waals surface area contributed by atoms with Gasteiger partial charge in [-0.25, -0.2) is 0 Å². The molecule has 2 rings (SSSR count). The predicted octanol–water partition coefficient (Wildman–Crippen LogP) is 3.15. The van der Waals surface area contributed by atoms with E-state index >= 15 is 0 Å². The molecule has 1 fully saturated rings. The normalized spacial score (nSPS) is 16.0. The van der Waals surface area contributed by atoms with Crippen LogP contribution in [0.5, 0.6) is 5.75 Å². The van der Waals surface area contributed by atoms with E-state index in [1.54, 1.807) is 7.11 Å². The number of nitrogens with zero attached hydrogens (tertiary/aromatic N) is 1. The van der Waals surface area contributed by atoms with Crippen LogP contribution in [0.15, 0.2) is 40.9 Å². The third kappa shape index (κ3) is 5.59. The van der Waals surface area contributed by atoms with Crippen LogP contribution in [0.2, 0.25) is 0 Å². The molecule has 1 aromatic rings. The van der Waals surface area contributed by atoms with Crippen LogP contribution in [0.1, 0.15) is 45.6 Å². The average molecular weight is 347 g/mol. The number of nitrogens with one attached hydrogen (secondary N) is 1. The van der Waals surface area contributed by atoms with Gasteiger partial charge in [0.2, 0.25) is 0 Å². The van der Waals surface area contributed by atoms with Gasteiger partial charge in [0.05, 0.1) is 13.2 Å². The summed E-state index contributed by atoms with van der Waals surface area (Å²) in [5.41, 5.74) is 7.91. The molecule has 6 heteroatoms. The fourth-order valence-corrected chi connectivity index (χ4v) is 2.55. The Morgan fingerprint density at radius 3 is 2.36 bits per heavy atom. The van der Waals surface area contributed by atoms with Gasteiger partial charge in [0.1, 0.15) is 11.4 Å². The minimum Gasteiger partial charge on any atom is -0.497 e. The molecule has 25 heavy (non-hydrogen) atoms. The van der Waals surface area contributed by atoms with Crippen LogP contribution in [-0.2, 0) is 11.2 Å². The van der Waals surface area contributed by atoms with Crippen molar-refractivity contribution in [2.75, 3.05) is 7.11 Å². The Labute approximate surface area is 149 Å². The first-order chi connectivity index (χ1) is 11.8. The summed E-state index contributed by atoms with van der Waals surface area (Å²) in [6.07, 6.45) is 3.78. The van der Waals surface area contributed by atoms with Gasteiger partial charge in [-0.05, 0) is 69.7 Å². The molecule has 1 aliphatic rings. The highest BCUT2D eigenvalue weighted by atomic mass is 16.5. The number of allylic oxidation sites excluding steroid dienone is 1. The lowest BCUT2D eigenvalue weighted by Gasteiger charge is -2.31. The number of benzene rings is 1. The Kier molecular flexibility index (Phi) is 6.17. The van der Waals surface area contributed by atoms with Gasteiger partial charge in [-0.2, -0.15) is 0 Å². The molecule has 1 unspecified atom stereocenters. The molecule has 1 aromatic carbocycles. The Morgan fingerprint density at radius 1 is 1.28 bits per heavy atom. The van der Waals surface area contributed by atoms with Crippen molar-refractivity contribution < 1.29 is 14.7 Å². The molecule has 0 radical (unpaired) electrons. The first-order valence-corrected chi connectivity index (χ1v) is 8.60. The Hall–Kier alpha value is -2.37. The number of hydrogen-bond acceptors (Lipinski definition) is 5. The molecule has 0 bridgehead atoms. The number of oxime groups is 1. The quantitative estimate of drug-likeness (QED) is 0.232. The standard InChI is InChI=1S/C19H29N3O3/c1-19(2,3)25-18(14-6-5-7-14)21-16(17(20)22-23)12-13-8-10-15(24-4)11-9-13/h8-11,16,21,23H,5-7,12H2,1-4H3,(H2,20,22). The monoisotopic (exact) mass is 347 g/mol. The summed E-state index contributed by atoms with van der Waals surface area (Å²) in [5, 5.41) is 15.7. The SMILES string of the molecule is COc1ccc(CC(NC(OC(C)(C)C)=C2CCC2)/C(N)=N/O)cc1. The molecule has 0 spiro atoms. The number of ether oxygens (including phenoxy) is 2. The molecule has 138 valence electrons. The van der Waals surface area contributed by atoms with Gasteiger partial charge in [0.15, 0.2) is 11.7 Å². The van der Waals surface area contributed by atoms with E-state index in [0.29, 0.717) is 6.42 Å². The van der Waals surface area contributed by atoms with Gasteiger partial charge in [-0.15, -0.1) is 0 Å². The molecule has 0 amide bonds. The van der Waals surface area contributed by atoms with Crippen LogP contribution < -0.4 is 15.8 Å². The van der Waals surface area contributed by atoms with Crippen LogP contribution in [0.3, 0.4) is 0 Å². The zero-order chi connectivity index (χ0) is 18.4. The second-order valence-corrected chi connectivity index (χ2v) is 7.27. The van der Waals surface area contributed by atoms with Crippen LogP contribution >= 0.6 is 0 Å².